The van der Waals surface area contributed by atoms with Crippen molar-refractivity contribution in [1.82, 2.24) is 5.32 Å². The summed E-state index contributed by atoms with van der Waals surface area (Å²) < 4.78 is 5.36. The lowest BCUT2D eigenvalue weighted by molar-refractivity contribution is -0.147. The van der Waals surface area contributed by atoms with Crippen LogP contribution >= 0.6 is 24.0 Å². The number of amides is 1. The fraction of sp³-hybridized carbons (Fsp3) is 0.231. The summed E-state index contributed by atoms with van der Waals surface area (Å²) >= 11 is 6.56. The number of fused-ring (bicyclic) bond motifs is 3. The molecule has 4 unspecified atom stereocenters. The summed E-state index contributed by atoms with van der Waals surface area (Å²) in [5.41, 5.74) is 1.86. The molecule has 3 aliphatic rings. The van der Waals surface area contributed by atoms with Crippen molar-refractivity contribution >= 4 is 52.2 Å². The van der Waals surface area contributed by atoms with Gasteiger partial charge < -0.3 is 36.2 Å². The number of aliphatic hydroxyl groups is 3. The number of ketones is 2. The number of phenolic OH excluding ortho intramolecular Hbond substituents is 1. The van der Waals surface area contributed by atoms with Crippen LogP contribution in [-0.2, 0) is 14.4 Å². The van der Waals surface area contributed by atoms with Gasteiger partial charge in [-0.15, -0.1) is 11.8 Å². The molecule has 7 N–H and O–H groups in total. The highest BCUT2D eigenvalue weighted by Crippen LogP contribution is 2.56. The van der Waals surface area contributed by atoms with Crippen molar-refractivity contribution in [2.45, 2.75) is 28.2 Å². The Labute approximate surface area is 225 Å². The van der Waals surface area contributed by atoms with Crippen LogP contribution in [0.25, 0.3) is 5.76 Å². The van der Waals surface area contributed by atoms with E-state index in [4.69, 9.17) is 22.7 Å². The van der Waals surface area contributed by atoms with Crippen LogP contribution in [-0.4, -0.2) is 66.9 Å². The number of aromatic hydroxyl groups is 1. The predicted molar refractivity (Wildman–Crippen MR) is 141 cm³/mol. The molecule has 12 heteroatoms. The average molecular weight is 555 g/mol. The summed E-state index contributed by atoms with van der Waals surface area (Å²) in [7, 11) is 1.41. The van der Waals surface area contributed by atoms with Crippen LogP contribution in [0.4, 0.5) is 0 Å². The molecular formula is C26H22N2O8S2. The van der Waals surface area contributed by atoms with Crippen LogP contribution in [0.2, 0.25) is 0 Å². The molecule has 1 aliphatic heterocycles. The SMILES string of the molecule is COc1ccc(O)c2c1SC1CC3C(NC(=S)c4ccccc4)C(=O)C(C(N)=O)=C(O)C3(O)C(=O)C1=C2O. The van der Waals surface area contributed by atoms with Gasteiger partial charge in [-0.3, -0.25) is 14.4 Å². The van der Waals surface area contributed by atoms with E-state index in [0.717, 1.165) is 11.8 Å². The van der Waals surface area contributed by atoms with Crippen molar-refractivity contribution < 1.29 is 39.5 Å². The number of primary amides is 1. The maximum Gasteiger partial charge on any atom is 0.255 e. The van der Waals surface area contributed by atoms with E-state index in [9.17, 15) is 34.8 Å². The third-order valence-electron chi connectivity index (χ3n) is 7.09. The number of benzene rings is 2. The zero-order valence-electron chi connectivity index (χ0n) is 19.8. The summed E-state index contributed by atoms with van der Waals surface area (Å²) in [5.74, 6) is -6.48. The molecule has 1 saturated carbocycles. The molecule has 0 spiro atoms. The van der Waals surface area contributed by atoms with Crippen molar-refractivity contribution in [2.24, 2.45) is 11.7 Å². The van der Waals surface area contributed by atoms with E-state index in [1.54, 1.807) is 30.3 Å². The Balaban J connectivity index is 1.67. The van der Waals surface area contributed by atoms with E-state index in [0.29, 0.717) is 16.2 Å². The molecule has 0 aromatic heterocycles. The lowest BCUT2D eigenvalue weighted by atomic mass is 9.62. The number of carbonyl (C=O) groups is 3. The Hall–Kier alpha value is -3.87. The molecule has 10 nitrogen and oxygen atoms in total. The minimum Gasteiger partial charge on any atom is -0.508 e. The highest BCUT2D eigenvalue weighted by atomic mass is 32.2. The highest BCUT2D eigenvalue weighted by Gasteiger charge is 2.64. The number of rotatable bonds is 4. The molecule has 0 bridgehead atoms. The van der Waals surface area contributed by atoms with E-state index >= 15 is 0 Å². The molecule has 2 aromatic carbocycles. The monoisotopic (exact) mass is 554 g/mol. The number of thioether (sulfide) groups is 1. The minimum absolute atomic E-state index is 0.0681. The Kier molecular flexibility index (Phi) is 6.21. The third kappa shape index (κ3) is 3.59. The largest absolute Gasteiger partial charge is 0.508 e. The second-order valence-corrected chi connectivity index (χ2v) is 10.7. The maximum absolute atomic E-state index is 13.9. The number of nitrogens with two attached hydrogens (primary N) is 1. The van der Waals surface area contributed by atoms with Crippen molar-refractivity contribution in [3.8, 4) is 11.5 Å². The van der Waals surface area contributed by atoms with E-state index in [-0.39, 0.29) is 28.3 Å². The number of methoxy groups -OCH3 is 1. The topological polar surface area (TPSA) is 179 Å². The fourth-order valence-corrected chi connectivity index (χ4v) is 7.04. The molecule has 2 aromatic rings. The molecule has 1 amide bonds. The molecule has 4 atom stereocenters. The zero-order chi connectivity index (χ0) is 27.5. The van der Waals surface area contributed by atoms with Gasteiger partial charge in [0.1, 0.15) is 33.6 Å². The first-order valence-corrected chi connectivity index (χ1v) is 12.7. The molecule has 0 radical (unpaired) electrons. The van der Waals surface area contributed by atoms with Crippen LogP contribution in [0, 0.1) is 5.92 Å². The summed E-state index contributed by atoms with van der Waals surface area (Å²) in [6.45, 7) is 0. The van der Waals surface area contributed by atoms with Crippen LogP contribution in [0.3, 0.4) is 0 Å². The number of phenols is 1. The first kappa shape index (κ1) is 25.8. The molecule has 5 rings (SSSR count). The fourth-order valence-electron chi connectivity index (χ4n) is 5.27. The molecule has 1 fully saturated rings. The van der Waals surface area contributed by atoms with Gasteiger partial charge in [-0.2, -0.15) is 0 Å². The Morgan fingerprint density at radius 3 is 2.47 bits per heavy atom. The smallest absolute Gasteiger partial charge is 0.255 e. The number of carbonyl (C=O) groups excluding carboxylic acids is 3. The van der Waals surface area contributed by atoms with E-state index < -0.39 is 57.4 Å². The lowest BCUT2D eigenvalue weighted by Gasteiger charge is -2.48. The van der Waals surface area contributed by atoms with Gasteiger partial charge in [-0.25, -0.2) is 0 Å². The Morgan fingerprint density at radius 2 is 1.84 bits per heavy atom. The molecule has 1 heterocycles. The van der Waals surface area contributed by atoms with E-state index in [2.05, 4.69) is 5.32 Å². The van der Waals surface area contributed by atoms with Crippen LogP contribution in [0.5, 0.6) is 11.5 Å². The van der Waals surface area contributed by atoms with Gasteiger partial charge in [0.15, 0.2) is 11.4 Å². The number of nitrogens with one attached hydrogen (secondary N) is 1. The van der Waals surface area contributed by atoms with Crippen molar-refractivity contribution in [1.29, 1.82) is 0 Å². The predicted octanol–water partition coefficient (Wildman–Crippen LogP) is 1.68. The first-order valence-electron chi connectivity index (χ1n) is 11.4. The molecule has 2 aliphatic carbocycles. The number of thiocarbonyl (C=S) groups is 1. The second-order valence-electron chi connectivity index (χ2n) is 9.07. The second kappa shape index (κ2) is 9.15. The lowest BCUT2D eigenvalue weighted by Crippen LogP contribution is -2.66. The van der Waals surface area contributed by atoms with Gasteiger partial charge in [0, 0.05) is 16.7 Å². The molecule has 0 saturated heterocycles. The van der Waals surface area contributed by atoms with Gasteiger partial charge in [0.25, 0.3) is 5.91 Å². The van der Waals surface area contributed by atoms with Gasteiger partial charge in [-0.05, 0) is 18.6 Å². The summed E-state index contributed by atoms with van der Waals surface area (Å²) in [6, 6.07) is 9.98. The first-order chi connectivity index (χ1) is 18.0. The van der Waals surface area contributed by atoms with E-state index in [1.807, 2.05) is 0 Å². The Bertz CT molecular complexity index is 1490. The van der Waals surface area contributed by atoms with Crippen molar-refractivity contribution in [2.75, 3.05) is 7.11 Å². The summed E-state index contributed by atoms with van der Waals surface area (Å²) in [6.07, 6.45) is -0.110. The summed E-state index contributed by atoms with van der Waals surface area (Å²) in [5, 5.41) is 46.3. The average Bonchev–Trinajstić information content (AvgIpc) is 2.89. The Morgan fingerprint density at radius 1 is 1.16 bits per heavy atom. The number of Topliss-reactive ketones (excluding diaryl/α,β-unsaturated/α-hetero) is 2. The molecular weight excluding hydrogens is 532 g/mol. The molecule has 196 valence electrons. The number of ether oxygens (including phenoxy) is 1. The number of hydrogen-bond acceptors (Lipinski definition) is 10. The third-order valence-corrected chi connectivity index (χ3v) is 8.79. The van der Waals surface area contributed by atoms with E-state index in [1.165, 1.54) is 19.2 Å². The van der Waals surface area contributed by atoms with Crippen LogP contribution in [0.1, 0.15) is 17.5 Å². The van der Waals surface area contributed by atoms with Gasteiger partial charge in [0.2, 0.25) is 5.78 Å². The standard InChI is InChI=1S/C26H22N2O8S2/c1-36-13-8-7-12(29)15-19(30)16-14(38-21(13)15)9-11-18(28-25(37)10-5-3-2-4-6-10)20(31)17(24(27)34)23(33)26(11,35)22(16)32/h2-8,11,14,18,29-30,33,35H,9H2,1H3,(H2,27,34)(H,28,37). The highest BCUT2D eigenvalue weighted by molar-refractivity contribution is 8.00. The van der Waals surface area contributed by atoms with Gasteiger partial charge in [0.05, 0.1) is 29.2 Å². The zero-order valence-corrected chi connectivity index (χ0v) is 21.4. The van der Waals surface area contributed by atoms with Crippen molar-refractivity contribution in [3.63, 3.8) is 0 Å². The maximum atomic E-state index is 13.9. The van der Waals surface area contributed by atoms with Gasteiger partial charge in [-0.1, -0.05) is 42.5 Å². The normalized spacial score (nSPS) is 26.3. The minimum atomic E-state index is -2.78. The van der Waals surface area contributed by atoms with Crippen LogP contribution < -0.4 is 15.8 Å². The van der Waals surface area contributed by atoms with Crippen LogP contribution in [0.15, 0.2) is 64.3 Å². The number of hydrogen-bond donors (Lipinski definition) is 6. The summed E-state index contributed by atoms with van der Waals surface area (Å²) in [4.78, 5) is 40.0. The number of aliphatic hydroxyl groups excluding tert-OH is 2. The van der Waals surface area contributed by atoms with Crippen molar-refractivity contribution in [3.05, 3.63) is 70.5 Å². The van der Waals surface area contributed by atoms with Gasteiger partial charge >= 0.3 is 0 Å². The quantitative estimate of drug-likeness (QED) is 0.239. The molecule has 38 heavy (non-hydrogen) atoms.